The number of hydrogen-bond acceptors (Lipinski definition) is 5. The first-order chi connectivity index (χ1) is 7.79. The van der Waals surface area contributed by atoms with Crippen LogP contribution in [-0.4, -0.2) is 40.8 Å². The molecule has 0 spiro atoms. The summed E-state index contributed by atoms with van der Waals surface area (Å²) >= 11 is 1.57. The third-order valence-electron chi connectivity index (χ3n) is 3.41. The summed E-state index contributed by atoms with van der Waals surface area (Å²) in [5.41, 5.74) is 1.77. The molecule has 5 heteroatoms. The number of rotatable bonds is 4. The fourth-order valence-electron chi connectivity index (χ4n) is 2.34. The zero-order chi connectivity index (χ0) is 11.4. The van der Waals surface area contributed by atoms with E-state index >= 15 is 0 Å². The maximum Gasteiger partial charge on any atom is 0.205 e. The van der Waals surface area contributed by atoms with E-state index in [0.29, 0.717) is 6.04 Å². The second-order valence-electron chi connectivity index (χ2n) is 4.47. The largest absolute Gasteiger partial charge is 0.357 e. The van der Waals surface area contributed by atoms with Crippen molar-refractivity contribution < 1.29 is 0 Å². The van der Waals surface area contributed by atoms with E-state index in [1.54, 1.807) is 16.8 Å². The second kappa shape index (κ2) is 5.59. The SMILES string of the molecule is CCN1CCCC(C(C)Nc2nncs2)C1. The Morgan fingerprint density at radius 3 is 3.25 bits per heavy atom. The van der Waals surface area contributed by atoms with Crippen molar-refractivity contribution in [1.29, 1.82) is 0 Å². The number of likely N-dealkylation sites (tertiary alicyclic amines) is 1. The third kappa shape index (κ3) is 2.92. The zero-order valence-corrected chi connectivity index (χ0v) is 10.8. The summed E-state index contributed by atoms with van der Waals surface area (Å²) < 4.78 is 0. The van der Waals surface area contributed by atoms with Crippen LogP contribution in [-0.2, 0) is 0 Å². The van der Waals surface area contributed by atoms with E-state index in [9.17, 15) is 0 Å². The first-order valence-electron chi connectivity index (χ1n) is 6.04. The maximum atomic E-state index is 4.03. The molecule has 1 aromatic rings. The van der Waals surface area contributed by atoms with Crippen molar-refractivity contribution in [3.05, 3.63) is 5.51 Å². The molecule has 1 aliphatic heterocycles. The first-order valence-corrected chi connectivity index (χ1v) is 6.92. The lowest BCUT2D eigenvalue weighted by Gasteiger charge is -2.35. The van der Waals surface area contributed by atoms with Crippen LogP contribution < -0.4 is 5.32 Å². The van der Waals surface area contributed by atoms with Gasteiger partial charge in [-0.15, -0.1) is 10.2 Å². The molecule has 0 aliphatic carbocycles. The lowest BCUT2D eigenvalue weighted by Crippen LogP contribution is -2.41. The van der Waals surface area contributed by atoms with Gasteiger partial charge >= 0.3 is 0 Å². The number of hydrogen-bond donors (Lipinski definition) is 1. The minimum Gasteiger partial charge on any atom is -0.357 e. The number of anilines is 1. The van der Waals surface area contributed by atoms with Gasteiger partial charge in [0.1, 0.15) is 5.51 Å². The van der Waals surface area contributed by atoms with E-state index in [1.807, 2.05) is 0 Å². The van der Waals surface area contributed by atoms with E-state index in [-0.39, 0.29) is 0 Å². The van der Waals surface area contributed by atoms with Crippen molar-refractivity contribution in [1.82, 2.24) is 15.1 Å². The van der Waals surface area contributed by atoms with E-state index < -0.39 is 0 Å². The Kier molecular flexibility index (Phi) is 4.12. The van der Waals surface area contributed by atoms with Crippen molar-refractivity contribution >= 4 is 16.5 Å². The molecule has 16 heavy (non-hydrogen) atoms. The molecule has 2 atom stereocenters. The highest BCUT2D eigenvalue weighted by molar-refractivity contribution is 7.13. The molecule has 0 radical (unpaired) electrons. The van der Waals surface area contributed by atoms with E-state index in [4.69, 9.17) is 0 Å². The smallest absolute Gasteiger partial charge is 0.205 e. The van der Waals surface area contributed by atoms with E-state index in [2.05, 4.69) is 34.3 Å². The predicted octanol–water partition coefficient (Wildman–Crippen LogP) is 2.07. The van der Waals surface area contributed by atoms with Crippen molar-refractivity contribution in [2.75, 3.05) is 25.0 Å². The Morgan fingerprint density at radius 1 is 1.69 bits per heavy atom. The quantitative estimate of drug-likeness (QED) is 0.875. The van der Waals surface area contributed by atoms with Gasteiger partial charge in [-0.2, -0.15) is 0 Å². The number of nitrogens with zero attached hydrogens (tertiary/aromatic N) is 3. The molecule has 1 saturated heterocycles. The van der Waals surface area contributed by atoms with Crippen LogP contribution in [0.25, 0.3) is 0 Å². The number of aromatic nitrogens is 2. The van der Waals surface area contributed by atoms with Gasteiger partial charge in [0.25, 0.3) is 0 Å². The van der Waals surface area contributed by atoms with Gasteiger partial charge in [0, 0.05) is 12.6 Å². The Balaban J connectivity index is 1.86. The molecule has 1 N–H and O–H groups in total. The summed E-state index contributed by atoms with van der Waals surface area (Å²) in [6.07, 6.45) is 2.64. The molecule has 0 aromatic carbocycles. The summed E-state index contributed by atoms with van der Waals surface area (Å²) in [6, 6.07) is 0.488. The van der Waals surface area contributed by atoms with Gasteiger partial charge in [-0.3, -0.25) is 0 Å². The molecule has 2 heterocycles. The summed E-state index contributed by atoms with van der Waals surface area (Å²) in [5, 5.41) is 12.3. The van der Waals surface area contributed by atoms with Gasteiger partial charge in [0.2, 0.25) is 5.13 Å². The fraction of sp³-hybridized carbons (Fsp3) is 0.818. The summed E-state index contributed by atoms with van der Waals surface area (Å²) in [5.74, 6) is 0.734. The number of nitrogens with one attached hydrogen (secondary N) is 1. The molecule has 0 bridgehead atoms. The van der Waals surface area contributed by atoms with Crippen LogP contribution in [0, 0.1) is 5.92 Å². The van der Waals surface area contributed by atoms with Gasteiger partial charge in [-0.1, -0.05) is 18.3 Å². The molecule has 1 aromatic heterocycles. The molecule has 0 amide bonds. The normalized spacial score (nSPS) is 24.2. The van der Waals surface area contributed by atoms with Crippen molar-refractivity contribution in [2.45, 2.75) is 32.7 Å². The summed E-state index contributed by atoms with van der Waals surface area (Å²) in [4.78, 5) is 2.53. The molecular formula is C11H20N4S. The first kappa shape index (κ1) is 11.8. The Bertz CT molecular complexity index is 301. The van der Waals surface area contributed by atoms with Crippen LogP contribution in [0.3, 0.4) is 0 Å². The topological polar surface area (TPSA) is 41.0 Å². The molecule has 2 rings (SSSR count). The summed E-state index contributed by atoms with van der Waals surface area (Å²) in [6.45, 7) is 8.14. The average Bonchev–Trinajstić information content (AvgIpc) is 2.82. The van der Waals surface area contributed by atoms with E-state index in [1.165, 1.54) is 32.5 Å². The van der Waals surface area contributed by atoms with Crippen LogP contribution in [0.2, 0.25) is 0 Å². The Hall–Kier alpha value is -0.680. The maximum absolute atomic E-state index is 4.03. The van der Waals surface area contributed by atoms with Gasteiger partial charge in [0.05, 0.1) is 0 Å². The second-order valence-corrected chi connectivity index (χ2v) is 5.31. The lowest BCUT2D eigenvalue weighted by molar-refractivity contribution is 0.172. The Morgan fingerprint density at radius 2 is 2.56 bits per heavy atom. The van der Waals surface area contributed by atoms with Gasteiger partial charge < -0.3 is 10.2 Å². The third-order valence-corrected chi connectivity index (χ3v) is 4.03. The van der Waals surface area contributed by atoms with Gasteiger partial charge in [-0.05, 0) is 38.8 Å². The molecule has 4 nitrogen and oxygen atoms in total. The minimum atomic E-state index is 0.488. The molecule has 1 fully saturated rings. The van der Waals surface area contributed by atoms with Crippen LogP contribution in [0.5, 0.6) is 0 Å². The number of piperidine rings is 1. The standard InChI is InChI=1S/C11H20N4S/c1-3-15-6-4-5-10(7-15)9(2)13-11-14-12-8-16-11/h8-10H,3-7H2,1-2H3,(H,13,14). The van der Waals surface area contributed by atoms with E-state index in [0.717, 1.165) is 11.0 Å². The van der Waals surface area contributed by atoms with Crippen LogP contribution in [0.1, 0.15) is 26.7 Å². The van der Waals surface area contributed by atoms with Crippen molar-refractivity contribution in [3.63, 3.8) is 0 Å². The van der Waals surface area contributed by atoms with Gasteiger partial charge in [-0.25, -0.2) is 0 Å². The molecular weight excluding hydrogens is 220 g/mol. The van der Waals surface area contributed by atoms with Crippen molar-refractivity contribution in [2.24, 2.45) is 5.92 Å². The Labute approximate surface area is 101 Å². The van der Waals surface area contributed by atoms with Crippen LogP contribution in [0.4, 0.5) is 5.13 Å². The monoisotopic (exact) mass is 240 g/mol. The molecule has 2 unspecified atom stereocenters. The lowest BCUT2D eigenvalue weighted by atomic mass is 9.92. The molecule has 1 aliphatic rings. The predicted molar refractivity (Wildman–Crippen MR) is 67.8 cm³/mol. The highest BCUT2D eigenvalue weighted by Gasteiger charge is 2.24. The van der Waals surface area contributed by atoms with Gasteiger partial charge in [0.15, 0.2) is 0 Å². The van der Waals surface area contributed by atoms with Crippen LogP contribution >= 0.6 is 11.3 Å². The molecule has 90 valence electrons. The zero-order valence-electron chi connectivity index (χ0n) is 10.0. The van der Waals surface area contributed by atoms with Crippen LogP contribution in [0.15, 0.2) is 5.51 Å². The molecule has 0 saturated carbocycles. The van der Waals surface area contributed by atoms with Crippen molar-refractivity contribution in [3.8, 4) is 0 Å². The highest BCUT2D eigenvalue weighted by Crippen LogP contribution is 2.22. The highest BCUT2D eigenvalue weighted by atomic mass is 32.1. The minimum absolute atomic E-state index is 0.488. The fourth-order valence-corrected chi connectivity index (χ4v) is 2.88. The summed E-state index contributed by atoms with van der Waals surface area (Å²) in [7, 11) is 0. The average molecular weight is 240 g/mol.